The number of hydrogen-bond acceptors (Lipinski definition) is 8. The maximum atomic E-state index is 13.3. The Balaban J connectivity index is 1.75. The van der Waals surface area contributed by atoms with E-state index in [0.717, 1.165) is 0 Å². The topological polar surface area (TPSA) is 173 Å². The van der Waals surface area contributed by atoms with Crippen molar-refractivity contribution in [2.24, 2.45) is 0 Å². The number of aliphatic hydroxyl groups is 2. The molecule has 1 saturated heterocycles. The number of halogens is 1. The minimum atomic E-state index is -4.79. The molecule has 0 bridgehead atoms. The smallest absolute Gasteiger partial charge is 0.387 e. The molecule has 0 spiro atoms. The van der Waals surface area contributed by atoms with Crippen LogP contribution in [0, 0.1) is 5.82 Å². The van der Waals surface area contributed by atoms with Crippen LogP contribution < -0.4 is 5.73 Å². The van der Waals surface area contributed by atoms with E-state index in [2.05, 4.69) is 14.5 Å². The second kappa shape index (κ2) is 7.67. The van der Waals surface area contributed by atoms with Gasteiger partial charge in [0.2, 0.25) is 0 Å². The molecule has 160 valence electrons. The fourth-order valence-electron chi connectivity index (χ4n) is 3.42. The lowest BCUT2D eigenvalue weighted by Crippen LogP contribution is -2.33. The van der Waals surface area contributed by atoms with Crippen LogP contribution in [-0.4, -0.2) is 59.5 Å². The third-order valence-electron chi connectivity index (χ3n) is 4.81. The molecule has 0 unspecified atom stereocenters. The molecule has 1 aromatic carbocycles. The largest absolute Gasteiger partial charge is 0.469 e. The molecule has 13 heteroatoms. The van der Waals surface area contributed by atoms with Gasteiger partial charge in [-0.3, -0.25) is 4.52 Å². The van der Waals surface area contributed by atoms with E-state index in [4.69, 9.17) is 20.3 Å². The molecule has 3 aromatic rings. The molecule has 2 aromatic heterocycles. The molecule has 1 aliphatic heterocycles. The summed E-state index contributed by atoms with van der Waals surface area (Å²) >= 11 is 0. The number of nitrogen functional groups attached to an aromatic ring is 1. The lowest BCUT2D eigenvalue weighted by atomic mass is 10.1. The van der Waals surface area contributed by atoms with Gasteiger partial charge in [-0.25, -0.2) is 18.9 Å². The van der Waals surface area contributed by atoms with Gasteiger partial charge in [-0.15, -0.1) is 0 Å². The van der Waals surface area contributed by atoms with Crippen molar-refractivity contribution >= 4 is 24.7 Å². The minimum Gasteiger partial charge on any atom is -0.387 e. The number of aliphatic hydroxyl groups excluding tert-OH is 2. The summed E-state index contributed by atoms with van der Waals surface area (Å²) in [6, 6.07) is 5.63. The summed E-state index contributed by atoms with van der Waals surface area (Å²) in [5, 5.41) is 21.2. The van der Waals surface area contributed by atoms with Crippen molar-refractivity contribution in [1.29, 1.82) is 0 Å². The number of phosphoric acid groups is 1. The second-order valence-corrected chi connectivity index (χ2v) is 7.99. The van der Waals surface area contributed by atoms with Crippen LogP contribution in [0.15, 0.2) is 36.8 Å². The molecule has 0 radical (unpaired) electrons. The fraction of sp³-hybridized carbons (Fsp3) is 0.294. The van der Waals surface area contributed by atoms with Crippen molar-refractivity contribution in [2.75, 3.05) is 12.3 Å². The van der Waals surface area contributed by atoms with Crippen molar-refractivity contribution in [3.8, 4) is 11.1 Å². The van der Waals surface area contributed by atoms with Crippen LogP contribution in [0.5, 0.6) is 0 Å². The second-order valence-electron chi connectivity index (χ2n) is 6.75. The zero-order chi connectivity index (χ0) is 21.6. The van der Waals surface area contributed by atoms with Crippen LogP contribution >= 0.6 is 7.82 Å². The van der Waals surface area contributed by atoms with E-state index in [9.17, 15) is 19.2 Å². The fourth-order valence-corrected chi connectivity index (χ4v) is 3.76. The summed E-state index contributed by atoms with van der Waals surface area (Å²) in [6.07, 6.45) is -2.51. The van der Waals surface area contributed by atoms with Gasteiger partial charge in [-0.1, -0.05) is 12.1 Å². The molecule has 4 rings (SSSR count). The van der Waals surface area contributed by atoms with Gasteiger partial charge in [-0.2, -0.15) is 0 Å². The zero-order valence-electron chi connectivity index (χ0n) is 15.2. The van der Waals surface area contributed by atoms with E-state index in [1.54, 1.807) is 18.3 Å². The Hall–Kier alpha value is -2.44. The number of ether oxygens (including phenoxy) is 1. The first kappa shape index (κ1) is 20.8. The molecule has 0 aliphatic carbocycles. The molecule has 3 heterocycles. The molecule has 6 N–H and O–H groups in total. The Kier molecular flexibility index (Phi) is 5.32. The van der Waals surface area contributed by atoms with Gasteiger partial charge in [0.25, 0.3) is 0 Å². The van der Waals surface area contributed by atoms with E-state index in [-0.39, 0.29) is 11.5 Å². The first-order chi connectivity index (χ1) is 14.2. The van der Waals surface area contributed by atoms with Gasteiger partial charge in [0.1, 0.15) is 41.9 Å². The molecule has 1 fully saturated rings. The third kappa shape index (κ3) is 3.82. The number of nitrogens with two attached hydrogens (primary N) is 1. The monoisotopic (exact) mass is 440 g/mol. The Bertz CT molecular complexity index is 1120. The zero-order valence-corrected chi connectivity index (χ0v) is 16.1. The van der Waals surface area contributed by atoms with Crippen LogP contribution in [0.25, 0.3) is 22.2 Å². The molecule has 30 heavy (non-hydrogen) atoms. The highest BCUT2D eigenvalue weighted by Crippen LogP contribution is 2.40. The van der Waals surface area contributed by atoms with Gasteiger partial charge in [0.05, 0.1) is 12.0 Å². The summed E-state index contributed by atoms with van der Waals surface area (Å²) in [5.41, 5.74) is 7.46. The van der Waals surface area contributed by atoms with E-state index in [1.165, 1.54) is 23.0 Å². The number of nitrogens with zero attached hydrogens (tertiary/aromatic N) is 3. The van der Waals surface area contributed by atoms with Gasteiger partial charge in [0.15, 0.2) is 6.23 Å². The number of hydrogen-bond donors (Lipinski definition) is 5. The summed E-state index contributed by atoms with van der Waals surface area (Å²) in [7, 11) is -4.79. The Morgan fingerprint density at radius 2 is 1.90 bits per heavy atom. The first-order valence-electron chi connectivity index (χ1n) is 8.74. The minimum absolute atomic E-state index is 0.146. The van der Waals surface area contributed by atoms with Crippen LogP contribution in [0.1, 0.15) is 6.23 Å². The van der Waals surface area contributed by atoms with E-state index >= 15 is 0 Å². The highest BCUT2D eigenvalue weighted by atomic mass is 31.2. The van der Waals surface area contributed by atoms with Gasteiger partial charge >= 0.3 is 7.82 Å². The number of rotatable bonds is 5. The van der Waals surface area contributed by atoms with E-state index < -0.39 is 44.8 Å². The molecular formula is C17H18FN4O7P. The Labute approximate surface area is 168 Å². The third-order valence-corrected chi connectivity index (χ3v) is 5.30. The van der Waals surface area contributed by atoms with Crippen molar-refractivity contribution < 1.29 is 38.2 Å². The average molecular weight is 440 g/mol. The van der Waals surface area contributed by atoms with Gasteiger partial charge < -0.3 is 35.0 Å². The highest BCUT2D eigenvalue weighted by molar-refractivity contribution is 7.46. The van der Waals surface area contributed by atoms with Crippen molar-refractivity contribution in [1.82, 2.24) is 14.5 Å². The van der Waals surface area contributed by atoms with Crippen molar-refractivity contribution in [2.45, 2.75) is 24.5 Å². The lowest BCUT2D eigenvalue weighted by Gasteiger charge is -2.17. The SMILES string of the molecule is Nc1ncnc2c1c(-c1ccc(F)cc1)cn2[C@@H]1O[C@H](COP(=O)(O)O)[C@@H](O)[C@H]1O. The van der Waals surface area contributed by atoms with Crippen LogP contribution in [0.4, 0.5) is 10.2 Å². The van der Waals surface area contributed by atoms with Gasteiger partial charge in [0, 0.05) is 11.8 Å². The summed E-state index contributed by atoms with van der Waals surface area (Å²) < 4.78 is 35.7. The maximum absolute atomic E-state index is 13.3. The quantitative estimate of drug-likeness (QED) is 0.353. The number of benzene rings is 1. The Morgan fingerprint density at radius 3 is 2.57 bits per heavy atom. The molecule has 4 atom stereocenters. The van der Waals surface area contributed by atoms with Crippen LogP contribution in [0.2, 0.25) is 0 Å². The molecular weight excluding hydrogens is 422 g/mol. The number of fused-ring (bicyclic) bond motifs is 1. The van der Waals surface area contributed by atoms with Crippen molar-refractivity contribution in [3.63, 3.8) is 0 Å². The first-order valence-corrected chi connectivity index (χ1v) is 10.3. The normalized spacial score (nSPS) is 24.6. The lowest BCUT2D eigenvalue weighted by molar-refractivity contribution is -0.0501. The average Bonchev–Trinajstić information content (AvgIpc) is 3.20. The molecule has 11 nitrogen and oxygen atoms in total. The summed E-state index contributed by atoms with van der Waals surface area (Å²) in [5.74, 6) is -0.273. The number of phosphoric ester groups is 1. The van der Waals surface area contributed by atoms with Gasteiger partial charge in [-0.05, 0) is 17.7 Å². The number of aromatic nitrogens is 3. The van der Waals surface area contributed by atoms with Crippen LogP contribution in [-0.2, 0) is 13.8 Å². The van der Waals surface area contributed by atoms with E-state index in [0.29, 0.717) is 16.5 Å². The summed E-state index contributed by atoms with van der Waals surface area (Å²) in [4.78, 5) is 25.9. The molecule has 1 aliphatic rings. The van der Waals surface area contributed by atoms with E-state index in [1.807, 2.05) is 0 Å². The van der Waals surface area contributed by atoms with Crippen LogP contribution in [0.3, 0.4) is 0 Å². The summed E-state index contributed by atoms with van der Waals surface area (Å²) in [6.45, 7) is -0.639. The Morgan fingerprint density at radius 1 is 1.20 bits per heavy atom. The predicted octanol–water partition coefficient (Wildman–Crippen LogP) is 0.548. The maximum Gasteiger partial charge on any atom is 0.469 e. The molecule has 0 saturated carbocycles. The predicted molar refractivity (Wildman–Crippen MR) is 101 cm³/mol. The molecule has 0 amide bonds. The standard InChI is InChI=1S/C17H18FN4O7P/c18-9-3-1-8(2-4-9)10-5-22(16-12(10)15(19)20-7-21-16)17-14(24)13(23)11(29-17)6-28-30(25,26)27/h1-5,7,11,13-14,17,23-24H,6H2,(H2,19,20,21)(H2,25,26,27)/t11-,13-,14-,17-/m1/s1. The highest BCUT2D eigenvalue weighted by Gasteiger charge is 2.45. The number of anilines is 1. The van der Waals surface area contributed by atoms with Crippen molar-refractivity contribution in [3.05, 3.63) is 42.6 Å².